The molecule has 0 atom stereocenters. The summed E-state index contributed by atoms with van der Waals surface area (Å²) < 4.78 is 0. The van der Waals surface area contributed by atoms with Crippen molar-refractivity contribution in [3.05, 3.63) is 6.92 Å². The van der Waals surface area contributed by atoms with E-state index in [1.165, 1.54) is 6.42 Å². The van der Waals surface area contributed by atoms with Crippen molar-refractivity contribution in [1.82, 2.24) is 0 Å². The predicted molar refractivity (Wildman–Crippen MR) is 40.9 cm³/mol. The number of hydrogen-bond donors (Lipinski definition) is 0. The summed E-state index contributed by atoms with van der Waals surface area (Å²) in [7, 11) is 0. The maximum atomic E-state index is 3.60. The Morgan fingerprint density at radius 3 is 1.43 bits per heavy atom. The molecule has 0 spiro atoms. The second-order valence-electron chi connectivity index (χ2n) is 0.854. The van der Waals surface area contributed by atoms with Gasteiger partial charge in [0.1, 0.15) is 0 Å². The molecule has 0 fully saturated rings. The van der Waals surface area contributed by atoms with Crippen molar-refractivity contribution >= 4 is 34.0 Å². The Kier molecular flexibility index (Phi) is 87.6. The van der Waals surface area contributed by atoms with Crippen LogP contribution in [-0.4, -0.2) is 0 Å². The van der Waals surface area contributed by atoms with Gasteiger partial charge in [-0.3, -0.25) is 0 Å². The summed E-state index contributed by atoms with van der Waals surface area (Å²) in [5.74, 6) is 0. The third-order valence-electron chi connectivity index (χ3n) is 0.354. The maximum Gasteiger partial charge on any atom is 0 e. The average molecular weight is 274 g/mol. The van der Waals surface area contributed by atoms with E-state index >= 15 is 0 Å². The summed E-state index contributed by atoms with van der Waals surface area (Å²) in [4.78, 5) is 0. The van der Waals surface area contributed by atoms with Crippen LogP contribution in [0.25, 0.3) is 0 Å². The smallest absolute Gasteiger partial charge is 0 e. The van der Waals surface area contributed by atoms with Crippen LogP contribution in [0.3, 0.4) is 0 Å². The van der Waals surface area contributed by atoms with Gasteiger partial charge in [0.15, 0.2) is 0 Å². The molecule has 0 rings (SSSR count). The van der Waals surface area contributed by atoms with Gasteiger partial charge >= 0.3 is 0 Å². The third-order valence-corrected chi connectivity index (χ3v) is 0.354. The van der Waals surface area contributed by atoms with Crippen molar-refractivity contribution < 1.29 is 17.1 Å². The van der Waals surface area contributed by atoms with Crippen LogP contribution in [0.2, 0.25) is 0 Å². The van der Waals surface area contributed by atoms with Crippen LogP contribution < -0.4 is 0 Å². The van der Waals surface area contributed by atoms with Gasteiger partial charge in [-0.15, -0.1) is 34.0 Å². The van der Waals surface area contributed by atoms with E-state index in [0.29, 0.717) is 0 Å². The van der Waals surface area contributed by atoms with Crippen molar-refractivity contribution in [1.29, 1.82) is 0 Å². The van der Waals surface area contributed by atoms with Gasteiger partial charge in [-0.05, 0) is 0 Å². The van der Waals surface area contributed by atoms with Crippen molar-refractivity contribution in [2.24, 2.45) is 0 Å². The Morgan fingerprint density at radius 2 is 1.43 bits per heavy atom. The number of hydrogen-bond acceptors (Lipinski definition) is 0. The first-order valence-corrected chi connectivity index (χ1v) is 1.71. The molecule has 0 bridgehead atoms. The van der Waals surface area contributed by atoms with Crippen LogP contribution >= 0.6 is 34.0 Å². The summed E-state index contributed by atoms with van der Waals surface area (Å²) in [6, 6.07) is 0. The number of rotatable bonds is 1. The largest absolute Gasteiger partial charge is 0.343 e. The molecule has 7 heavy (non-hydrogen) atoms. The fourth-order valence-corrected chi connectivity index (χ4v) is 0. The fourth-order valence-electron chi connectivity index (χ4n) is 0. The molecular formula is C4H11Br2Mn-. The summed E-state index contributed by atoms with van der Waals surface area (Å²) in [6.07, 6.45) is 2.28. The second kappa shape index (κ2) is 25.9. The molecule has 0 aromatic rings. The minimum absolute atomic E-state index is 0. The number of unbranched alkanes of at least 4 members (excludes halogenated alkanes) is 1. The normalized spacial score (nSPS) is 4.29. The topological polar surface area (TPSA) is 0 Å². The molecule has 0 amide bonds. The Labute approximate surface area is 77.5 Å². The summed E-state index contributed by atoms with van der Waals surface area (Å²) in [5.41, 5.74) is 0. The van der Waals surface area contributed by atoms with E-state index in [2.05, 4.69) is 13.8 Å². The molecule has 0 saturated heterocycles. The fraction of sp³-hybridized carbons (Fsp3) is 0.750. The summed E-state index contributed by atoms with van der Waals surface area (Å²) in [6.45, 7) is 5.72. The molecule has 0 aliphatic heterocycles. The first-order chi connectivity index (χ1) is 1.91. The molecule has 49 valence electrons. The van der Waals surface area contributed by atoms with E-state index in [-0.39, 0.29) is 51.0 Å². The van der Waals surface area contributed by atoms with Gasteiger partial charge in [0.25, 0.3) is 0 Å². The molecule has 0 aliphatic rings. The SMILES string of the molecule is Br.Br.[CH2-]CCC.[Mn]. The van der Waals surface area contributed by atoms with Gasteiger partial charge < -0.3 is 6.92 Å². The predicted octanol–water partition coefficient (Wildman–Crippen LogP) is 2.77. The van der Waals surface area contributed by atoms with Gasteiger partial charge in [0, 0.05) is 17.1 Å². The molecule has 0 N–H and O–H groups in total. The van der Waals surface area contributed by atoms with Crippen molar-refractivity contribution in [3.63, 3.8) is 0 Å². The van der Waals surface area contributed by atoms with E-state index < -0.39 is 0 Å². The van der Waals surface area contributed by atoms with Crippen molar-refractivity contribution in [2.45, 2.75) is 19.8 Å². The van der Waals surface area contributed by atoms with E-state index in [9.17, 15) is 0 Å². The van der Waals surface area contributed by atoms with E-state index in [1.807, 2.05) is 0 Å². The Balaban J connectivity index is -0.0000000150. The van der Waals surface area contributed by atoms with Crippen LogP contribution in [-0.2, 0) is 17.1 Å². The Morgan fingerprint density at radius 1 is 1.29 bits per heavy atom. The molecule has 3 heteroatoms. The standard InChI is InChI=1S/C4H9.2BrH.Mn/c1-3-4-2;;;/h1,3-4H2,2H3;2*1H;/q-1;;;. The van der Waals surface area contributed by atoms with Gasteiger partial charge in [0.05, 0.1) is 0 Å². The van der Waals surface area contributed by atoms with E-state index in [1.54, 1.807) is 0 Å². The molecule has 0 unspecified atom stereocenters. The molecule has 0 aliphatic carbocycles. The third kappa shape index (κ3) is 36.5. The summed E-state index contributed by atoms with van der Waals surface area (Å²) in [5, 5.41) is 0. The van der Waals surface area contributed by atoms with Gasteiger partial charge in [-0.1, -0.05) is 13.3 Å². The zero-order valence-corrected chi connectivity index (χ0v) is 8.92. The molecule has 0 saturated carbocycles. The first kappa shape index (κ1) is 23.6. The Bertz CT molecular complexity index is 11.7. The zero-order valence-electron chi connectivity index (χ0n) is 4.32. The van der Waals surface area contributed by atoms with Gasteiger partial charge in [-0.25, -0.2) is 0 Å². The van der Waals surface area contributed by atoms with E-state index in [0.717, 1.165) is 6.42 Å². The van der Waals surface area contributed by atoms with Crippen LogP contribution in [0.1, 0.15) is 19.8 Å². The van der Waals surface area contributed by atoms with E-state index in [4.69, 9.17) is 0 Å². The molecule has 0 nitrogen and oxygen atoms in total. The maximum absolute atomic E-state index is 3.60. The molecule has 0 aromatic heterocycles. The van der Waals surface area contributed by atoms with Crippen LogP contribution in [0.15, 0.2) is 0 Å². The minimum Gasteiger partial charge on any atom is -0.343 e. The first-order valence-electron chi connectivity index (χ1n) is 1.71. The van der Waals surface area contributed by atoms with Crippen LogP contribution in [0.5, 0.6) is 0 Å². The molecule has 1 radical (unpaired) electrons. The Hall–Kier alpha value is 1.48. The van der Waals surface area contributed by atoms with Crippen molar-refractivity contribution in [3.8, 4) is 0 Å². The van der Waals surface area contributed by atoms with Gasteiger partial charge in [-0.2, -0.15) is 6.42 Å². The monoisotopic (exact) mass is 272 g/mol. The van der Waals surface area contributed by atoms with Gasteiger partial charge in [0.2, 0.25) is 0 Å². The summed E-state index contributed by atoms with van der Waals surface area (Å²) >= 11 is 0. The number of halogens is 2. The average Bonchev–Trinajstić information content (AvgIpc) is 1.37. The molecule has 0 heterocycles. The van der Waals surface area contributed by atoms with Crippen molar-refractivity contribution in [2.75, 3.05) is 0 Å². The zero-order chi connectivity index (χ0) is 3.41. The molecule has 0 aromatic carbocycles. The molecular weight excluding hydrogens is 263 g/mol. The second-order valence-corrected chi connectivity index (χ2v) is 0.854. The quantitative estimate of drug-likeness (QED) is 0.509. The minimum atomic E-state index is 0. The van der Waals surface area contributed by atoms with Crippen LogP contribution in [0.4, 0.5) is 0 Å². The van der Waals surface area contributed by atoms with Crippen LogP contribution in [0, 0.1) is 6.92 Å².